The second-order valence-electron chi connectivity index (χ2n) is 4.08. The highest BCUT2D eigenvalue weighted by Gasteiger charge is 2.17. The second kappa shape index (κ2) is 4.74. The maximum Gasteiger partial charge on any atom is 0.278 e. The summed E-state index contributed by atoms with van der Waals surface area (Å²) in [6.07, 6.45) is 1.25. The Morgan fingerprint density at radius 1 is 1.37 bits per heavy atom. The van der Waals surface area contributed by atoms with Crippen molar-refractivity contribution in [1.82, 2.24) is 9.97 Å². The molecule has 0 radical (unpaired) electrons. The molecule has 98 valence electrons. The highest BCUT2D eigenvalue weighted by Crippen LogP contribution is 2.20. The van der Waals surface area contributed by atoms with Crippen molar-refractivity contribution in [3.63, 3.8) is 0 Å². The highest BCUT2D eigenvalue weighted by atomic mass is 32.2. The van der Waals surface area contributed by atoms with Gasteiger partial charge in [-0.05, 0) is 31.5 Å². The summed E-state index contributed by atoms with van der Waals surface area (Å²) in [6, 6.07) is 6.79. The first-order valence-corrected chi connectivity index (χ1v) is 6.96. The first-order chi connectivity index (χ1) is 8.92. The van der Waals surface area contributed by atoms with E-state index in [2.05, 4.69) is 14.7 Å². The summed E-state index contributed by atoms with van der Waals surface area (Å²) < 4.78 is 26.6. The molecule has 1 aromatic heterocycles. The molecule has 2 N–H and O–H groups in total. The number of benzene rings is 1. The minimum Gasteiger partial charge on any atom is -0.332 e. The van der Waals surface area contributed by atoms with E-state index >= 15 is 0 Å². The Labute approximate surface area is 111 Å². The van der Waals surface area contributed by atoms with Gasteiger partial charge in [0.1, 0.15) is 5.82 Å². The van der Waals surface area contributed by atoms with Crippen LogP contribution < -0.4 is 4.72 Å². The van der Waals surface area contributed by atoms with Gasteiger partial charge >= 0.3 is 0 Å². The molecule has 0 atom stereocenters. The number of H-pyrrole nitrogens is 1. The fraction of sp³-hybridized carbons (Fsp3) is 0.167. The summed E-state index contributed by atoms with van der Waals surface area (Å²) in [4.78, 5) is 6.51. The summed E-state index contributed by atoms with van der Waals surface area (Å²) >= 11 is 0. The Bertz CT molecular complexity index is 756. The van der Waals surface area contributed by atoms with E-state index < -0.39 is 10.0 Å². The lowest BCUT2D eigenvalue weighted by Gasteiger charge is -2.09. The van der Waals surface area contributed by atoms with Gasteiger partial charge in [-0.2, -0.15) is 13.7 Å². The third-order valence-electron chi connectivity index (χ3n) is 2.58. The van der Waals surface area contributed by atoms with Gasteiger partial charge in [-0.3, -0.25) is 4.72 Å². The fourth-order valence-electron chi connectivity index (χ4n) is 1.54. The minimum absolute atomic E-state index is 0.00763. The fourth-order valence-corrected chi connectivity index (χ4v) is 2.63. The molecule has 0 amide bonds. The first-order valence-electron chi connectivity index (χ1n) is 5.47. The topological polar surface area (TPSA) is 98.6 Å². The predicted octanol–water partition coefficient (Wildman–Crippen LogP) is 1.70. The Kier molecular flexibility index (Phi) is 3.27. The van der Waals surface area contributed by atoms with E-state index in [1.54, 1.807) is 26.0 Å². The maximum absolute atomic E-state index is 12.1. The Morgan fingerprint density at radius 3 is 2.68 bits per heavy atom. The van der Waals surface area contributed by atoms with E-state index in [0.29, 0.717) is 17.1 Å². The van der Waals surface area contributed by atoms with Crippen molar-refractivity contribution in [3.05, 3.63) is 41.3 Å². The van der Waals surface area contributed by atoms with Crippen molar-refractivity contribution < 1.29 is 8.42 Å². The smallest absolute Gasteiger partial charge is 0.278 e. The van der Waals surface area contributed by atoms with Gasteiger partial charge in [0.15, 0.2) is 5.03 Å². The average Bonchev–Trinajstić information content (AvgIpc) is 2.79. The zero-order valence-electron chi connectivity index (χ0n) is 10.4. The zero-order valence-corrected chi connectivity index (χ0v) is 11.2. The van der Waals surface area contributed by atoms with Crippen LogP contribution in [0.1, 0.15) is 17.0 Å². The van der Waals surface area contributed by atoms with Crippen LogP contribution in [-0.4, -0.2) is 18.4 Å². The van der Waals surface area contributed by atoms with Gasteiger partial charge in [-0.25, -0.2) is 4.98 Å². The van der Waals surface area contributed by atoms with Gasteiger partial charge in [-0.15, -0.1) is 0 Å². The monoisotopic (exact) mass is 276 g/mol. The van der Waals surface area contributed by atoms with Crippen LogP contribution in [0.3, 0.4) is 0 Å². The molecule has 1 heterocycles. The minimum atomic E-state index is -3.72. The number of hydrogen-bond donors (Lipinski definition) is 2. The number of aromatic nitrogens is 2. The molecule has 0 fully saturated rings. The summed E-state index contributed by atoms with van der Waals surface area (Å²) in [5.74, 6) is 0.517. The van der Waals surface area contributed by atoms with Crippen LogP contribution in [0.4, 0.5) is 5.69 Å². The molecule has 0 saturated heterocycles. The van der Waals surface area contributed by atoms with Crippen LogP contribution >= 0.6 is 0 Å². The standard InChI is InChI=1S/C12H12N4O2S/c1-8-3-4-10(6-13)5-11(8)16-19(17,18)12-7-14-9(2)15-12/h3-5,7,16H,1-2H3,(H,14,15). The Morgan fingerprint density at radius 2 is 2.11 bits per heavy atom. The molecule has 2 aromatic rings. The number of anilines is 1. The number of nitrogens with zero attached hydrogens (tertiary/aromatic N) is 2. The number of nitrogens with one attached hydrogen (secondary N) is 2. The van der Waals surface area contributed by atoms with Crippen LogP contribution in [-0.2, 0) is 10.0 Å². The van der Waals surface area contributed by atoms with Gasteiger partial charge in [0.05, 0.1) is 23.5 Å². The van der Waals surface area contributed by atoms with Crippen molar-refractivity contribution >= 4 is 15.7 Å². The molecular weight excluding hydrogens is 264 g/mol. The summed E-state index contributed by atoms with van der Waals surface area (Å²) in [5.41, 5.74) is 1.51. The number of nitriles is 1. The van der Waals surface area contributed by atoms with Gasteiger partial charge in [-0.1, -0.05) is 6.07 Å². The van der Waals surface area contributed by atoms with Crippen LogP contribution in [0.25, 0.3) is 0 Å². The third kappa shape index (κ3) is 2.74. The Hall–Kier alpha value is -2.33. The molecule has 6 nitrogen and oxygen atoms in total. The second-order valence-corrected chi connectivity index (χ2v) is 5.73. The number of aromatic amines is 1. The van der Waals surface area contributed by atoms with Crippen molar-refractivity contribution in [2.24, 2.45) is 0 Å². The molecule has 0 unspecified atom stereocenters. The van der Waals surface area contributed by atoms with Crippen LogP contribution in [0.2, 0.25) is 0 Å². The normalized spacial score (nSPS) is 11.0. The molecule has 0 spiro atoms. The molecule has 0 aliphatic heterocycles. The van der Waals surface area contributed by atoms with E-state index in [9.17, 15) is 8.42 Å². The molecule has 1 aromatic carbocycles. The maximum atomic E-state index is 12.1. The lowest BCUT2D eigenvalue weighted by molar-refractivity contribution is 0.598. The van der Waals surface area contributed by atoms with Gasteiger partial charge in [0, 0.05) is 0 Å². The molecule has 2 rings (SSSR count). The van der Waals surface area contributed by atoms with Crippen molar-refractivity contribution in [3.8, 4) is 6.07 Å². The molecule has 0 aliphatic carbocycles. The van der Waals surface area contributed by atoms with E-state index in [1.165, 1.54) is 12.3 Å². The van der Waals surface area contributed by atoms with Crippen molar-refractivity contribution in [2.45, 2.75) is 18.9 Å². The molecule has 19 heavy (non-hydrogen) atoms. The van der Waals surface area contributed by atoms with Crippen LogP contribution in [0.5, 0.6) is 0 Å². The number of rotatable bonds is 3. The quantitative estimate of drug-likeness (QED) is 0.891. The molecule has 0 saturated carbocycles. The Balaban J connectivity index is 2.38. The summed E-state index contributed by atoms with van der Waals surface area (Å²) in [5, 5.41) is 8.82. The number of imidazole rings is 1. The average molecular weight is 276 g/mol. The van der Waals surface area contributed by atoms with Crippen LogP contribution in [0.15, 0.2) is 29.4 Å². The van der Waals surface area contributed by atoms with E-state index in [4.69, 9.17) is 5.26 Å². The van der Waals surface area contributed by atoms with Gasteiger partial charge < -0.3 is 4.98 Å². The van der Waals surface area contributed by atoms with Crippen molar-refractivity contribution in [2.75, 3.05) is 4.72 Å². The molecule has 0 aliphatic rings. The molecular formula is C12H12N4O2S. The lowest BCUT2D eigenvalue weighted by atomic mass is 10.1. The molecule has 0 bridgehead atoms. The highest BCUT2D eigenvalue weighted by molar-refractivity contribution is 7.92. The number of sulfonamides is 1. The lowest BCUT2D eigenvalue weighted by Crippen LogP contribution is -2.14. The van der Waals surface area contributed by atoms with E-state index in [-0.39, 0.29) is 5.03 Å². The van der Waals surface area contributed by atoms with Crippen LogP contribution in [0, 0.1) is 25.2 Å². The summed E-state index contributed by atoms with van der Waals surface area (Å²) in [6.45, 7) is 3.43. The largest absolute Gasteiger partial charge is 0.332 e. The van der Waals surface area contributed by atoms with Crippen molar-refractivity contribution in [1.29, 1.82) is 5.26 Å². The zero-order chi connectivity index (χ0) is 14.0. The molecule has 7 heteroatoms. The first kappa shape index (κ1) is 13.1. The van der Waals surface area contributed by atoms with Gasteiger partial charge in [0.25, 0.3) is 10.0 Å². The van der Waals surface area contributed by atoms with Gasteiger partial charge in [0.2, 0.25) is 0 Å². The van der Waals surface area contributed by atoms with E-state index in [0.717, 1.165) is 5.56 Å². The number of aryl methyl sites for hydroxylation is 2. The SMILES string of the molecule is Cc1ncc(S(=O)(=O)Nc2cc(C#N)ccc2C)[nH]1. The summed E-state index contributed by atoms with van der Waals surface area (Å²) in [7, 11) is -3.72. The van der Waals surface area contributed by atoms with E-state index in [1.807, 2.05) is 6.07 Å². The third-order valence-corrected chi connectivity index (χ3v) is 3.86. The number of hydrogen-bond acceptors (Lipinski definition) is 4. The predicted molar refractivity (Wildman–Crippen MR) is 70.0 cm³/mol.